The first-order valence-corrected chi connectivity index (χ1v) is 12.7. The van der Waals surface area contributed by atoms with Gasteiger partial charge in [-0.05, 0) is 74.5 Å². The van der Waals surface area contributed by atoms with Gasteiger partial charge in [0.15, 0.2) is 0 Å². The molecular formula is C29H32N4O3. The Kier molecular flexibility index (Phi) is 7.49. The van der Waals surface area contributed by atoms with Gasteiger partial charge < -0.3 is 4.74 Å². The van der Waals surface area contributed by atoms with Crippen molar-refractivity contribution in [3.05, 3.63) is 94.6 Å². The van der Waals surface area contributed by atoms with Crippen molar-refractivity contribution >= 4 is 11.8 Å². The van der Waals surface area contributed by atoms with Gasteiger partial charge in [0.25, 0.3) is 11.8 Å². The van der Waals surface area contributed by atoms with Crippen LogP contribution in [0.5, 0.6) is 0 Å². The molecule has 0 spiro atoms. The monoisotopic (exact) mass is 484 g/mol. The van der Waals surface area contributed by atoms with E-state index in [2.05, 4.69) is 17.0 Å². The first kappa shape index (κ1) is 24.3. The van der Waals surface area contributed by atoms with Crippen molar-refractivity contribution in [2.24, 2.45) is 0 Å². The van der Waals surface area contributed by atoms with Crippen LogP contribution in [-0.2, 0) is 24.3 Å². The molecule has 0 fully saturated rings. The number of amides is 2. The first-order chi connectivity index (χ1) is 17.7. The van der Waals surface area contributed by atoms with Crippen molar-refractivity contribution in [3.8, 4) is 0 Å². The fraction of sp³-hybridized carbons (Fsp3) is 0.379. The minimum Gasteiger partial charge on any atom is -0.378 e. The third kappa shape index (κ3) is 5.08. The zero-order valence-corrected chi connectivity index (χ0v) is 20.7. The number of hydrogen-bond acceptors (Lipinski definition) is 6. The van der Waals surface area contributed by atoms with Crippen LogP contribution in [0.2, 0.25) is 0 Å². The third-order valence-corrected chi connectivity index (χ3v) is 7.08. The van der Waals surface area contributed by atoms with E-state index < -0.39 is 0 Å². The van der Waals surface area contributed by atoms with E-state index in [4.69, 9.17) is 14.7 Å². The molecule has 2 amide bonds. The summed E-state index contributed by atoms with van der Waals surface area (Å²) in [7, 11) is 1.68. The van der Waals surface area contributed by atoms with Crippen molar-refractivity contribution < 1.29 is 14.3 Å². The van der Waals surface area contributed by atoms with E-state index in [0.29, 0.717) is 30.8 Å². The second-order valence-electron chi connectivity index (χ2n) is 9.49. The lowest BCUT2D eigenvalue weighted by atomic mass is 9.90. The Balaban J connectivity index is 1.28. The Morgan fingerprint density at radius 3 is 2.53 bits per heavy atom. The molecule has 1 aromatic carbocycles. The zero-order chi connectivity index (χ0) is 24.9. The number of benzene rings is 1. The summed E-state index contributed by atoms with van der Waals surface area (Å²) in [6, 6.07) is 17.6. The molecule has 0 bridgehead atoms. The highest BCUT2D eigenvalue weighted by Crippen LogP contribution is 2.34. The van der Waals surface area contributed by atoms with Crippen LogP contribution in [0.15, 0.2) is 60.8 Å². The van der Waals surface area contributed by atoms with Gasteiger partial charge in [-0.2, -0.15) is 0 Å². The van der Waals surface area contributed by atoms with E-state index in [1.54, 1.807) is 31.4 Å². The molecular weight excluding hydrogens is 452 g/mol. The molecule has 0 N–H and O–H groups in total. The molecule has 3 aromatic rings. The van der Waals surface area contributed by atoms with Crippen LogP contribution in [0.3, 0.4) is 0 Å². The van der Waals surface area contributed by atoms with Crippen LogP contribution in [0.25, 0.3) is 0 Å². The minimum absolute atomic E-state index is 0.183. The molecule has 5 rings (SSSR count). The van der Waals surface area contributed by atoms with Crippen molar-refractivity contribution in [3.63, 3.8) is 0 Å². The predicted molar refractivity (Wildman–Crippen MR) is 136 cm³/mol. The third-order valence-electron chi connectivity index (χ3n) is 7.08. The summed E-state index contributed by atoms with van der Waals surface area (Å²) < 4.78 is 5.27. The van der Waals surface area contributed by atoms with Crippen molar-refractivity contribution in [1.29, 1.82) is 0 Å². The van der Waals surface area contributed by atoms with E-state index >= 15 is 0 Å². The number of fused-ring (bicyclic) bond motifs is 2. The van der Waals surface area contributed by atoms with Crippen LogP contribution in [0.4, 0.5) is 0 Å². The van der Waals surface area contributed by atoms with E-state index in [1.165, 1.54) is 10.5 Å². The van der Waals surface area contributed by atoms with Gasteiger partial charge in [-0.25, -0.2) is 0 Å². The van der Waals surface area contributed by atoms with Crippen LogP contribution in [0, 0.1) is 0 Å². The number of methoxy groups -OCH3 is 1. The number of nitrogens with zero attached hydrogens (tertiary/aromatic N) is 4. The Hall–Kier alpha value is -3.42. The van der Waals surface area contributed by atoms with Crippen molar-refractivity contribution in [2.75, 3.05) is 20.2 Å². The van der Waals surface area contributed by atoms with E-state index in [9.17, 15) is 9.59 Å². The number of ether oxygens (including phenoxy) is 1. The summed E-state index contributed by atoms with van der Waals surface area (Å²) in [5, 5.41) is 0. The van der Waals surface area contributed by atoms with Gasteiger partial charge in [0.2, 0.25) is 0 Å². The summed E-state index contributed by atoms with van der Waals surface area (Å²) in [4.78, 5) is 38.9. The predicted octanol–water partition coefficient (Wildman–Crippen LogP) is 4.58. The first-order valence-electron chi connectivity index (χ1n) is 12.7. The van der Waals surface area contributed by atoms with E-state index in [-0.39, 0.29) is 17.9 Å². The topological polar surface area (TPSA) is 75.6 Å². The minimum atomic E-state index is -0.183. The normalized spacial score (nSPS) is 16.9. The number of imide groups is 1. The van der Waals surface area contributed by atoms with E-state index in [1.807, 2.05) is 24.4 Å². The maximum Gasteiger partial charge on any atom is 0.261 e. The molecule has 0 saturated heterocycles. The molecule has 36 heavy (non-hydrogen) atoms. The fourth-order valence-corrected chi connectivity index (χ4v) is 5.37. The van der Waals surface area contributed by atoms with Gasteiger partial charge >= 0.3 is 0 Å². The maximum atomic E-state index is 12.7. The Bertz CT molecular complexity index is 1210. The number of aromatic nitrogens is 2. The molecule has 2 aromatic heterocycles. The highest BCUT2D eigenvalue weighted by Gasteiger charge is 2.34. The maximum absolute atomic E-state index is 12.7. The second-order valence-corrected chi connectivity index (χ2v) is 9.49. The second kappa shape index (κ2) is 11.1. The lowest BCUT2D eigenvalue weighted by molar-refractivity contribution is 0.0648. The Labute approximate surface area is 212 Å². The zero-order valence-electron chi connectivity index (χ0n) is 20.7. The van der Waals surface area contributed by atoms with Crippen LogP contribution < -0.4 is 0 Å². The lowest BCUT2D eigenvalue weighted by Gasteiger charge is -2.35. The van der Waals surface area contributed by atoms with Gasteiger partial charge in [-0.3, -0.25) is 29.4 Å². The van der Waals surface area contributed by atoms with E-state index in [0.717, 1.165) is 55.7 Å². The lowest BCUT2D eigenvalue weighted by Crippen LogP contribution is -2.34. The van der Waals surface area contributed by atoms with Crippen LogP contribution >= 0.6 is 0 Å². The quantitative estimate of drug-likeness (QED) is 0.310. The number of aryl methyl sites for hydroxylation is 1. The van der Waals surface area contributed by atoms with Gasteiger partial charge in [0.05, 0.1) is 40.9 Å². The van der Waals surface area contributed by atoms with Gasteiger partial charge in [-0.1, -0.05) is 24.3 Å². The molecule has 0 radical (unpaired) electrons. The smallest absolute Gasteiger partial charge is 0.261 e. The fourth-order valence-electron chi connectivity index (χ4n) is 5.37. The highest BCUT2D eigenvalue weighted by atomic mass is 16.5. The van der Waals surface area contributed by atoms with Gasteiger partial charge in [0, 0.05) is 26.4 Å². The van der Waals surface area contributed by atoms with Crippen molar-refractivity contribution in [1.82, 2.24) is 19.8 Å². The number of pyridine rings is 2. The molecule has 1 unspecified atom stereocenters. The molecule has 7 heteroatoms. The molecule has 0 saturated carbocycles. The molecule has 2 aliphatic rings. The summed E-state index contributed by atoms with van der Waals surface area (Å²) in [5.41, 5.74) is 5.44. The standard InChI is InChI=1S/C29H32N4O3/c1-36-20-23-12-7-11-22(31-23)19-32(26-15-6-9-21-10-8-16-30-27(21)26)17-4-5-18-33-28(34)24-13-2-3-14-25(24)29(33)35/h2-3,7-8,10-14,16,26H,4-6,9,15,17-20H2,1H3. The molecule has 3 heterocycles. The number of carbonyl (C=O) groups excluding carboxylic acids is 2. The molecule has 1 atom stereocenters. The largest absolute Gasteiger partial charge is 0.378 e. The summed E-state index contributed by atoms with van der Waals surface area (Å²) in [6.45, 7) is 2.47. The highest BCUT2D eigenvalue weighted by molar-refractivity contribution is 6.21. The molecule has 1 aliphatic carbocycles. The Morgan fingerprint density at radius 1 is 0.972 bits per heavy atom. The number of unbranched alkanes of at least 4 members (excludes halogenated alkanes) is 1. The van der Waals surface area contributed by atoms with Crippen LogP contribution in [0.1, 0.15) is 75.1 Å². The molecule has 1 aliphatic heterocycles. The molecule has 7 nitrogen and oxygen atoms in total. The number of rotatable bonds is 10. The van der Waals surface area contributed by atoms with Crippen LogP contribution in [-0.4, -0.2) is 51.8 Å². The van der Waals surface area contributed by atoms with Gasteiger partial charge in [0.1, 0.15) is 0 Å². The Morgan fingerprint density at radius 2 is 1.75 bits per heavy atom. The number of carbonyl (C=O) groups is 2. The van der Waals surface area contributed by atoms with Gasteiger partial charge in [-0.15, -0.1) is 0 Å². The molecule has 186 valence electrons. The summed E-state index contributed by atoms with van der Waals surface area (Å²) >= 11 is 0. The average Bonchev–Trinajstić information content (AvgIpc) is 3.15. The SMILES string of the molecule is COCc1cccc(CN(CCCCN2C(=O)c3ccccc3C2=O)C2CCCc3cccnc32)n1. The summed E-state index contributed by atoms with van der Waals surface area (Å²) in [5.74, 6) is -0.367. The summed E-state index contributed by atoms with van der Waals surface area (Å²) in [6.07, 6.45) is 6.75. The average molecular weight is 485 g/mol. The van der Waals surface area contributed by atoms with Crippen molar-refractivity contribution in [2.45, 2.75) is 51.3 Å². The number of hydrogen-bond donors (Lipinski definition) is 0.